The topological polar surface area (TPSA) is 69.8 Å². The van der Waals surface area contributed by atoms with Crippen LogP contribution in [0.25, 0.3) is 0 Å². The van der Waals surface area contributed by atoms with E-state index in [-0.39, 0.29) is 0 Å². The van der Waals surface area contributed by atoms with Crippen molar-refractivity contribution in [3.8, 4) is 0 Å². The average Bonchev–Trinajstić information content (AvgIpc) is 3.10. The summed E-state index contributed by atoms with van der Waals surface area (Å²) in [5, 5.41) is 3.33. The number of aliphatic imine (C=N–C) groups is 1. The van der Waals surface area contributed by atoms with E-state index in [9.17, 15) is 0 Å². The number of hydrogen-bond acceptors (Lipinski definition) is 5. The van der Waals surface area contributed by atoms with Gasteiger partial charge in [-0.2, -0.15) is 0 Å². The molecule has 1 fully saturated rings. The molecule has 0 saturated carbocycles. The molecule has 1 N–H and O–H groups in total. The van der Waals surface area contributed by atoms with Crippen LogP contribution in [-0.4, -0.2) is 54.1 Å². The number of aromatic nitrogens is 2. The van der Waals surface area contributed by atoms with Crippen LogP contribution in [0.5, 0.6) is 0 Å². The van der Waals surface area contributed by atoms with Crippen molar-refractivity contribution in [2.45, 2.75) is 6.54 Å². The zero-order valence-corrected chi connectivity index (χ0v) is 12.6. The lowest BCUT2D eigenvalue weighted by atomic mass is 10.3. The number of anilines is 1. The van der Waals surface area contributed by atoms with Gasteiger partial charge in [0.05, 0.1) is 12.8 Å². The van der Waals surface area contributed by atoms with Crippen molar-refractivity contribution in [1.29, 1.82) is 0 Å². The maximum atomic E-state index is 5.33. The van der Waals surface area contributed by atoms with Crippen LogP contribution in [0.1, 0.15) is 5.76 Å². The third-order valence-electron chi connectivity index (χ3n) is 3.63. The molecule has 3 heterocycles. The van der Waals surface area contributed by atoms with Crippen molar-refractivity contribution in [3.63, 3.8) is 0 Å². The Balaban J connectivity index is 1.53. The molecule has 1 aliphatic rings. The van der Waals surface area contributed by atoms with E-state index in [1.54, 1.807) is 25.7 Å². The summed E-state index contributed by atoms with van der Waals surface area (Å²) in [6.45, 7) is 4.17. The Labute approximate surface area is 129 Å². The van der Waals surface area contributed by atoms with Crippen molar-refractivity contribution in [1.82, 2.24) is 20.2 Å². The summed E-state index contributed by atoms with van der Waals surface area (Å²) in [6, 6.07) is 5.67. The second-order valence-electron chi connectivity index (χ2n) is 5.00. The van der Waals surface area contributed by atoms with Crippen LogP contribution in [0.2, 0.25) is 0 Å². The number of guanidine groups is 1. The fourth-order valence-corrected chi connectivity index (χ4v) is 2.48. The summed E-state index contributed by atoms with van der Waals surface area (Å²) >= 11 is 0. The molecular formula is C15H20N6O. The van der Waals surface area contributed by atoms with Gasteiger partial charge in [0.15, 0.2) is 5.96 Å². The first-order valence-corrected chi connectivity index (χ1v) is 7.37. The first-order valence-electron chi connectivity index (χ1n) is 7.37. The van der Waals surface area contributed by atoms with Crippen LogP contribution in [0, 0.1) is 0 Å². The van der Waals surface area contributed by atoms with E-state index in [0.717, 1.165) is 43.8 Å². The van der Waals surface area contributed by atoms with E-state index in [2.05, 4.69) is 30.1 Å². The van der Waals surface area contributed by atoms with E-state index in [1.165, 1.54) is 0 Å². The Kier molecular flexibility index (Phi) is 4.53. The fourth-order valence-electron chi connectivity index (χ4n) is 2.48. The second-order valence-corrected chi connectivity index (χ2v) is 5.00. The number of piperazine rings is 1. The molecule has 0 bridgehead atoms. The Hall–Kier alpha value is -2.57. The van der Waals surface area contributed by atoms with Gasteiger partial charge in [-0.15, -0.1) is 0 Å². The van der Waals surface area contributed by atoms with Gasteiger partial charge in [-0.3, -0.25) is 4.99 Å². The number of hydrogen-bond donors (Lipinski definition) is 1. The average molecular weight is 300 g/mol. The van der Waals surface area contributed by atoms with Crippen LogP contribution < -0.4 is 10.2 Å². The van der Waals surface area contributed by atoms with Crippen molar-refractivity contribution < 1.29 is 4.42 Å². The SMILES string of the molecule is CN=C(NCc1ccco1)N1CCN(c2ncccn2)CC1. The van der Waals surface area contributed by atoms with E-state index in [0.29, 0.717) is 6.54 Å². The molecule has 0 radical (unpaired) electrons. The minimum Gasteiger partial charge on any atom is -0.467 e. The van der Waals surface area contributed by atoms with Crippen LogP contribution in [0.15, 0.2) is 46.3 Å². The normalized spacial score (nSPS) is 16.0. The Morgan fingerprint density at radius 1 is 1.23 bits per heavy atom. The Morgan fingerprint density at radius 3 is 2.64 bits per heavy atom. The number of furan rings is 1. The molecule has 0 spiro atoms. The highest BCUT2D eigenvalue weighted by Gasteiger charge is 2.21. The van der Waals surface area contributed by atoms with E-state index in [1.807, 2.05) is 18.2 Å². The van der Waals surface area contributed by atoms with Crippen molar-refractivity contribution in [2.75, 3.05) is 38.1 Å². The monoisotopic (exact) mass is 300 g/mol. The number of nitrogens with zero attached hydrogens (tertiary/aromatic N) is 5. The van der Waals surface area contributed by atoms with Gasteiger partial charge >= 0.3 is 0 Å². The summed E-state index contributed by atoms with van der Waals surface area (Å²) in [4.78, 5) is 17.4. The Bertz CT molecular complexity index is 590. The molecule has 7 nitrogen and oxygen atoms in total. The molecular weight excluding hydrogens is 280 g/mol. The largest absolute Gasteiger partial charge is 0.467 e. The lowest BCUT2D eigenvalue weighted by Gasteiger charge is -2.36. The van der Waals surface area contributed by atoms with Gasteiger partial charge < -0.3 is 19.5 Å². The van der Waals surface area contributed by atoms with Crippen LogP contribution in [0.3, 0.4) is 0 Å². The molecule has 0 amide bonds. The molecule has 22 heavy (non-hydrogen) atoms. The summed E-state index contributed by atoms with van der Waals surface area (Å²) in [5.74, 6) is 2.59. The van der Waals surface area contributed by atoms with Crippen molar-refractivity contribution >= 4 is 11.9 Å². The second kappa shape index (κ2) is 6.93. The lowest BCUT2D eigenvalue weighted by molar-refractivity contribution is 0.367. The summed E-state index contributed by atoms with van der Waals surface area (Å²) in [7, 11) is 1.80. The first kappa shape index (κ1) is 14.4. The summed E-state index contributed by atoms with van der Waals surface area (Å²) in [6.07, 6.45) is 5.23. The van der Waals surface area contributed by atoms with Crippen molar-refractivity contribution in [2.24, 2.45) is 4.99 Å². The zero-order chi connectivity index (χ0) is 15.2. The van der Waals surface area contributed by atoms with Crippen LogP contribution in [-0.2, 0) is 6.54 Å². The van der Waals surface area contributed by atoms with E-state index in [4.69, 9.17) is 4.42 Å². The predicted octanol–water partition coefficient (Wildman–Crippen LogP) is 0.967. The molecule has 0 aromatic carbocycles. The molecule has 2 aromatic heterocycles. The van der Waals surface area contributed by atoms with E-state index >= 15 is 0 Å². The van der Waals surface area contributed by atoms with Crippen LogP contribution in [0.4, 0.5) is 5.95 Å². The lowest BCUT2D eigenvalue weighted by Crippen LogP contribution is -2.52. The van der Waals surface area contributed by atoms with Gasteiger partial charge in [-0.05, 0) is 18.2 Å². The first-order chi connectivity index (χ1) is 10.9. The van der Waals surface area contributed by atoms with E-state index < -0.39 is 0 Å². The minimum absolute atomic E-state index is 0.641. The maximum Gasteiger partial charge on any atom is 0.225 e. The summed E-state index contributed by atoms with van der Waals surface area (Å²) < 4.78 is 5.33. The van der Waals surface area contributed by atoms with Crippen LogP contribution >= 0.6 is 0 Å². The van der Waals surface area contributed by atoms with Gasteiger partial charge in [0.2, 0.25) is 5.95 Å². The predicted molar refractivity (Wildman–Crippen MR) is 84.7 cm³/mol. The minimum atomic E-state index is 0.641. The summed E-state index contributed by atoms with van der Waals surface area (Å²) in [5.41, 5.74) is 0. The third-order valence-corrected chi connectivity index (χ3v) is 3.63. The number of nitrogens with one attached hydrogen (secondary N) is 1. The molecule has 1 aliphatic heterocycles. The fraction of sp³-hybridized carbons (Fsp3) is 0.400. The van der Waals surface area contributed by atoms with Gasteiger partial charge in [-0.25, -0.2) is 9.97 Å². The Morgan fingerprint density at radius 2 is 2.00 bits per heavy atom. The third kappa shape index (κ3) is 3.36. The van der Waals surface area contributed by atoms with Gasteiger partial charge in [-0.1, -0.05) is 0 Å². The molecule has 116 valence electrons. The molecule has 0 atom stereocenters. The molecule has 3 rings (SSSR count). The standard InChI is InChI=1S/C15H20N6O/c1-16-14(19-12-13-4-2-11-22-13)20-7-9-21(10-8-20)15-17-5-3-6-18-15/h2-6,11H,7-10,12H2,1H3,(H,16,19). The maximum absolute atomic E-state index is 5.33. The molecule has 2 aromatic rings. The smallest absolute Gasteiger partial charge is 0.225 e. The highest BCUT2D eigenvalue weighted by molar-refractivity contribution is 5.80. The van der Waals surface area contributed by atoms with Crippen molar-refractivity contribution in [3.05, 3.63) is 42.6 Å². The zero-order valence-electron chi connectivity index (χ0n) is 12.6. The quantitative estimate of drug-likeness (QED) is 0.673. The molecule has 0 unspecified atom stereocenters. The van der Waals surface area contributed by atoms with Gasteiger partial charge in [0.25, 0.3) is 0 Å². The number of rotatable bonds is 3. The molecule has 1 saturated heterocycles. The van der Waals surface area contributed by atoms with Gasteiger partial charge in [0.1, 0.15) is 5.76 Å². The highest BCUT2D eigenvalue weighted by atomic mass is 16.3. The molecule has 7 heteroatoms. The molecule has 0 aliphatic carbocycles. The van der Waals surface area contributed by atoms with Gasteiger partial charge in [0, 0.05) is 45.6 Å². The highest BCUT2D eigenvalue weighted by Crippen LogP contribution is 2.10.